The zero-order valence-corrected chi connectivity index (χ0v) is 24.9. The number of amides is 2. The van der Waals surface area contributed by atoms with Crippen molar-refractivity contribution < 1.29 is 18.0 Å². The molecule has 11 heteroatoms. The first-order chi connectivity index (χ1) is 18.4. The van der Waals surface area contributed by atoms with Crippen molar-refractivity contribution >= 4 is 62.3 Å². The Morgan fingerprint density at radius 2 is 1.51 bits per heavy atom. The highest BCUT2D eigenvalue weighted by atomic mass is 35.5. The number of sulfonamides is 1. The number of rotatable bonds is 11. The van der Waals surface area contributed by atoms with E-state index < -0.39 is 28.5 Å². The summed E-state index contributed by atoms with van der Waals surface area (Å²) in [5.74, 6) is -0.931. The fourth-order valence-corrected chi connectivity index (χ4v) is 6.00. The molecule has 0 unspecified atom stereocenters. The van der Waals surface area contributed by atoms with E-state index >= 15 is 0 Å². The van der Waals surface area contributed by atoms with E-state index in [1.54, 1.807) is 49.4 Å². The predicted molar refractivity (Wildman–Crippen MR) is 157 cm³/mol. The average Bonchev–Trinajstić information content (AvgIpc) is 2.89. The SMILES string of the molecule is CC[C@@H](C(=O)NC(C)C)N(Cc1ccc(Cl)cc1)C(=O)CN(c1cc(Cl)ccc1Cl)S(=O)(=O)c1ccccc1. The number of carbonyl (C=O) groups is 2. The maximum Gasteiger partial charge on any atom is 0.264 e. The van der Waals surface area contributed by atoms with Crippen molar-refractivity contribution in [2.24, 2.45) is 0 Å². The summed E-state index contributed by atoms with van der Waals surface area (Å²) in [5, 5.41) is 3.73. The quantitative estimate of drug-likeness (QED) is 0.281. The third-order valence-electron chi connectivity index (χ3n) is 5.87. The van der Waals surface area contributed by atoms with Gasteiger partial charge < -0.3 is 10.2 Å². The second kappa shape index (κ2) is 13.5. The van der Waals surface area contributed by atoms with Gasteiger partial charge in [0.1, 0.15) is 12.6 Å². The molecule has 1 atom stereocenters. The number of halogens is 3. The van der Waals surface area contributed by atoms with E-state index in [-0.39, 0.29) is 39.1 Å². The second-order valence-electron chi connectivity index (χ2n) is 9.16. The number of nitrogens with one attached hydrogen (secondary N) is 1. The van der Waals surface area contributed by atoms with Crippen LogP contribution in [0.2, 0.25) is 15.1 Å². The zero-order valence-electron chi connectivity index (χ0n) is 21.8. The fraction of sp³-hybridized carbons (Fsp3) is 0.286. The van der Waals surface area contributed by atoms with Gasteiger partial charge in [-0.1, -0.05) is 72.1 Å². The third kappa shape index (κ3) is 7.88. The number of benzene rings is 3. The Morgan fingerprint density at radius 1 is 0.897 bits per heavy atom. The lowest BCUT2D eigenvalue weighted by atomic mass is 10.1. The van der Waals surface area contributed by atoms with Crippen LogP contribution in [0.5, 0.6) is 0 Å². The Labute approximate surface area is 244 Å². The number of hydrogen-bond donors (Lipinski definition) is 1. The third-order valence-corrected chi connectivity index (χ3v) is 8.45. The molecule has 2 amide bonds. The number of hydrogen-bond acceptors (Lipinski definition) is 4. The Balaban J connectivity index is 2.09. The van der Waals surface area contributed by atoms with Gasteiger partial charge in [-0.05, 0) is 68.3 Å². The van der Waals surface area contributed by atoms with Crippen molar-refractivity contribution in [3.8, 4) is 0 Å². The molecule has 0 aliphatic rings. The summed E-state index contributed by atoms with van der Waals surface area (Å²) < 4.78 is 28.6. The van der Waals surface area contributed by atoms with Crippen LogP contribution >= 0.6 is 34.8 Å². The number of anilines is 1. The van der Waals surface area contributed by atoms with Crippen molar-refractivity contribution in [2.75, 3.05) is 10.8 Å². The van der Waals surface area contributed by atoms with E-state index in [0.29, 0.717) is 11.4 Å². The van der Waals surface area contributed by atoms with Gasteiger partial charge in [-0.3, -0.25) is 13.9 Å². The van der Waals surface area contributed by atoms with Crippen LogP contribution in [0.3, 0.4) is 0 Å². The maximum absolute atomic E-state index is 14.0. The van der Waals surface area contributed by atoms with Crippen LogP contribution in [0.15, 0.2) is 77.7 Å². The topological polar surface area (TPSA) is 86.8 Å². The molecule has 0 saturated carbocycles. The largest absolute Gasteiger partial charge is 0.352 e. The van der Waals surface area contributed by atoms with Gasteiger partial charge in [0.15, 0.2) is 0 Å². The van der Waals surface area contributed by atoms with E-state index in [9.17, 15) is 18.0 Å². The summed E-state index contributed by atoms with van der Waals surface area (Å²) in [6.07, 6.45) is 0.307. The number of nitrogens with zero attached hydrogens (tertiary/aromatic N) is 2. The average molecular weight is 611 g/mol. The van der Waals surface area contributed by atoms with Crippen LogP contribution in [-0.4, -0.2) is 43.8 Å². The second-order valence-corrected chi connectivity index (χ2v) is 12.3. The molecule has 1 N–H and O–H groups in total. The molecule has 0 saturated heterocycles. The first-order valence-electron chi connectivity index (χ1n) is 12.3. The molecule has 0 heterocycles. The van der Waals surface area contributed by atoms with Gasteiger partial charge in [0.25, 0.3) is 10.0 Å². The fourth-order valence-electron chi connectivity index (χ4n) is 4.00. The molecule has 3 rings (SSSR count). The molecule has 0 bridgehead atoms. The molecule has 0 aromatic heterocycles. The van der Waals surface area contributed by atoms with Gasteiger partial charge in [-0.15, -0.1) is 0 Å². The first kappa shape index (κ1) is 30.8. The molecule has 0 radical (unpaired) electrons. The van der Waals surface area contributed by atoms with Crippen molar-refractivity contribution in [2.45, 2.75) is 50.7 Å². The first-order valence-corrected chi connectivity index (χ1v) is 14.9. The summed E-state index contributed by atoms with van der Waals surface area (Å²) in [6.45, 7) is 4.88. The molecular formula is C28H30Cl3N3O4S. The lowest BCUT2D eigenvalue weighted by Gasteiger charge is -2.33. The van der Waals surface area contributed by atoms with Gasteiger partial charge in [-0.25, -0.2) is 8.42 Å². The van der Waals surface area contributed by atoms with Crippen molar-refractivity contribution in [1.82, 2.24) is 10.2 Å². The summed E-state index contributed by atoms with van der Waals surface area (Å²) in [7, 11) is -4.25. The molecule has 0 aliphatic heterocycles. The standard InChI is InChI=1S/C28H30Cl3N3O4S/c1-4-25(28(36)32-19(2)3)33(17-20-10-12-21(29)13-11-20)27(35)18-34(26-16-22(30)14-15-24(26)31)39(37,38)23-8-6-5-7-9-23/h5-16,19,25H,4,17-18H2,1-3H3,(H,32,36)/t25-/m0/s1. The molecule has 3 aromatic carbocycles. The highest BCUT2D eigenvalue weighted by Crippen LogP contribution is 2.33. The van der Waals surface area contributed by atoms with Crippen molar-refractivity contribution in [1.29, 1.82) is 0 Å². The Kier molecular flexibility index (Phi) is 10.7. The van der Waals surface area contributed by atoms with Crippen LogP contribution < -0.4 is 9.62 Å². The van der Waals surface area contributed by atoms with E-state index in [1.807, 2.05) is 13.8 Å². The summed E-state index contributed by atoms with van der Waals surface area (Å²) >= 11 is 18.7. The molecule has 7 nitrogen and oxygen atoms in total. The number of carbonyl (C=O) groups excluding carboxylic acids is 2. The van der Waals surface area contributed by atoms with E-state index in [0.717, 1.165) is 9.87 Å². The Bertz CT molecular complexity index is 1400. The minimum Gasteiger partial charge on any atom is -0.352 e. The molecule has 0 fully saturated rings. The Hall–Kier alpha value is -2.78. The van der Waals surface area contributed by atoms with E-state index in [2.05, 4.69) is 5.32 Å². The lowest BCUT2D eigenvalue weighted by Crippen LogP contribution is -2.53. The molecule has 208 valence electrons. The molecule has 0 spiro atoms. The van der Waals surface area contributed by atoms with Crippen molar-refractivity contribution in [3.05, 3.63) is 93.4 Å². The Morgan fingerprint density at radius 3 is 2.10 bits per heavy atom. The smallest absolute Gasteiger partial charge is 0.264 e. The normalized spacial score (nSPS) is 12.2. The summed E-state index contributed by atoms with van der Waals surface area (Å²) in [5.41, 5.74) is 0.772. The van der Waals surface area contributed by atoms with Crippen LogP contribution in [0, 0.1) is 0 Å². The van der Waals surface area contributed by atoms with Gasteiger partial charge in [0.2, 0.25) is 11.8 Å². The minimum atomic E-state index is -4.25. The van der Waals surface area contributed by atoms with Crippen LogP contribution in [0.1, 0.15) is 32.8 Å². The van der Waals surface area contributed by atoms with Crippen LogP contribution in [-0.2, 0) is 26.2 Å². The summed E-state index contributed by atoms with van der Waals surface area (Å²) in [6, 6.07) is 18.0. The van der Waals surface area contributed by atoms with Gasteiger partial charge >= 0.3 is 0 Å². The van der Waals surface area contributed by atoms with Crippen molar-refractivity contribution in [3.63, 3.8) is 0 Å². The highest BCUT2D eigenvalue weighted by molar-refractivity contribution is 7.92. The maximum atomic E-state index is 14.0. The lowest BCUT2D eigenvalue weighted by molar-refractivity contribution is -0.140. The molecule has 39 heavy (non-hydrogen) atoms. The van der Waals surface area contributed by atoms with E-state index in [4.69, 9.17) is 34.8 Å². The van der Waals surface area contributed by atoms with Gasteiger partial charge in [0.05, 0.1) is 15.6 Å². The predicted octanol–water partition coefficient (Wildman–Crippen LogP) is 6.17. The van der Waals surface area contributed by atoms with E-state index in [1.165, 1.54) is 35.2 Å². The monoisotopic (exact) mass is 609 g/mol. The van der Waals surface area contributed by atoms with Gasteiger partial charge in [0, 0.05) is 22.6 Å². The molecule has 0 aliphatic carbocycles. The van der Waals surface area contributed by atoms with Crippen LogP contribution in [0.4, 0.5) is 5.69 Å². The highest BCUT2D eigenvalue weighted by Gasteiger charge is 2.34. The van der Waals surface area contributed by atoms with Gasteiger partial charge in [-0.2, -0.15) is 0 Å². The molecule has 3 aromatic rings. The summed E-state index contributed by atoms with van der Waals surface area (Å²) in [4.78, 5) is 28.5. The zero-order chi connectivity index (χ0) is 28.7. The minimum absolute atomic E-state index is 0.0253. The van der Waals surface area contributed by atoms with Crippen LogP contribution in [0.25, 0.3) is 0 Å². The molecular weight excluding hydrogens is 581 g/mol.